The fraction of sp³-hybridized carbons (Fsp3) is 0.333. The second-order valence-electron chi connectivity index (χ2n) is 3.49. The van der Waals surface area contributed by atoms with Gasteiger partial charge in [-0.2, -0.15) is 0 Å². The summed E-state index contributed by atoms with van der Waals surface area (Å²) in [5.74, 6) is 0. The Kier molecular flexibility index (Phi) is 2.12. The lowest BCUT2D eigenvalue weighted by Gasteiger charge is -1.96. The van der Waals surface area contributed by atoms with Gasteiger partial charge in [0.05, 0.1) is 0 Å². The van der Waals surface area contributed by atoms with E-state index in [1.54, 1.807) is 0 Å². The van der Waals surface area contributed by atoms with Gasteiger partial charge in [0.1, 0.15) is 0 Å². The highest BCUT2D eigenvalue weighted by molar-refractivity contribution is 7.19. The molecule has 0 saturated heterocycles. The first-order valence-electron chi connectivity index (χ1n) is 4.71. The van der Waals surface area contributed by atoms with Gasteiger partial charge in [-0.15, -0.1) is 11.3 Å². The maximum atomic E-state index is 2.30. The average molecular weight is 190 g/mol. The Labute approximate surface area is 83.2 Å². The molecule has 0 atom stereocenters. The van der Waals surface area contributed by atoms with Gasteiger partial charge in [-0.1, -0.05) is 24.6 Å². The van der Waals surface area contributed by atoms with Crippen molar-refractivity contribution >= 4 is 21.4 Å². The van der Waals surface area contributed by atoms with Gasteiger partial charge in [-0.3, -0.25) is 0 Å². The highest BCUT2D eigenvalue weighted by Crippen LogP contribution is 2.31. The molecular weight excluding hydrogens is 176 g/mol. The summed E-state index contributed by atoms with van der Waals surface area (Å²) in [6, 6.07) is 6.73. The van der Waals surface area contributed by atoms with Gasteiger partial charge < -0.3 is 0 Å². The van der Waals surface area contributed by atoms with E-state index in [1.165, 1.54) is 26.1 Å². The second kappa shape index (κ2) is 3.15. The fourth-order valence-electron chi connectivity index (χ4n) is 1.82. The van der Waals surface area contributed by atoms with Crippen LogP contribution in [-0.4, -0.2) is 0 Å². The minimum atomic E-state index is 1.15. The molecule has 0 spiro atoms. The minimum Gasteiger partial charge on any atom is -0.140 e. The predicted octanol–water partition coefficient (Wildman–Crippen LogP) is 4.08. The Balaban J connectivity index is 2.80. The van der Waals surface area contributed by atoms with Crippen molar-refractivity contribution in [2.45, 2.75) is 27.2 Å². The van der Waals surface area contributed by atoms with Crippen LogP contribution in [-0.2, 0) is 6.42 Å². The Morgan fingerprint density at radius 1 is 1.23 bits per heavy atom. The summed E-state index contributed by atoms with van der Waals surface area (Å²) in [5.41, 5.74) is 2.89. The first-order valence-corrected chi connectivity index (χ1v) is 5.52. The first-order chi connectivity index (χ1) is 6.22. The fourth-order valence-corrected chi connectivity index (χ4v) is 2.96. The van der Waals surface area contributed by atoms with Crippen LogP contribution in [0, 0.1) is 13.8 Å². The number of hydrogen-bond donors (Lipinski definition) is 0. The number of rotatable bonds is 1. The van der Waals surface area contributed by atoms with Crippen LogP contribution >= 0.6 is 11.3 Å². The van der Waals surface area contributed by atoms with E-state index in [1.807, 2.05) is 11.3 Å². The molecule has 68 valence electrons. The topological polar surface area (TPSA) is 0 Å². The normalized spacial score (nSPS) is 11.0. The van der Waals surface area contributed by atoms with Crippen LogP contribution in [0.2, 0.25) is 0 Å². The van der Waals surface area contributed by atoms with Crippen LogP contribution in [0.5, 0.6) is 0 Å². The zero-order valence-electron chi connectivity index (χ0n) is 8.35. The second-order valence-corrected chi connectivity index (χ2v) is 4.75. The number of fused-ring (bicyclic) bond motifs is 1. The Morgan fingerprint density at radius 2 is 2.00 bits per heavy atom. The van der Waals surface area contributed by atoms with Crippen molar-refractivity contribution in [1.82, 2.24) is 0 Å². The molecule has 0 aliphatic heterocycles. The largest absolute Gasteiger partial charge is 0.140 e. The maximum Gasteiger partial charge on any atom is 0.0348 e. The number of benzene rings is 1. The van der Waals surface area contributed by atoms with Crippen molar-refractivity contribution in [3.63, 3.8) is 0 Å². The molecule has 2 rings (SSSR count). The van der Waals surface area contributed by atoms with E-state index >= 15 is 0 Å². The van der Waals surface area contributed by atoms with Gasteiger partial charge in [-0.25, -0.2) is 0 Å². The van der Waals surface area contributed by atoms with Crippen molar-refractivity contribution in [2.24, 2.45) is 0 Å². The number of thiophene rings is 1. The van der Waals surface area contributed by atoms with Crippen molar-refractivity contribution in [2.75, 3.05) is 0 Å². The van der Waals surface area contributed by atoms with Crippen LogP contribution in [0.4, 0.5) is 0 Å². The molecule has 0 radical (unpaired) electrons. The van der Waals surface area contributed by atoms with Crippen LogP contribution in [0.3, 0.4) is 0 Å². The summed E-state index contributed by atoms with van der Waals surface area (Å²) in [6.45, 7) is 6.61. The lowest BCUT2D eigenvalue weighted by atomic mass is 10.1. The third-order valence-electron chi connectivity index (χ3n) is 2.50. The van der Waals surface area contributed by atoms with Crippen LogP contribution in [0.15, 0.2) is 18.2 Å². The molecule has 0 bridgehead atoms. The molecule has 0 saturated carbocycles. The molecule has 13 heavy (non-hydrogen) atoms. The summed E-state index contributed by atoms with van der Waals surface area (Å²) in [6.07, 6.45) is 1.15. The predicted molar refractivity (Wildman–Crippen MR) is 60.7 cm³/mol. The third-order valence-corrected chi connectivity index (χ3v) is 3.63. The highest BCUT2D eigenvalue weighted by Gasteiger charge is 2.06. The van der Waals surface area contributed by atoms with Gasteiger partial charge in [0, 0.05) is 9.58 Å². The molecule has 2 aromatic rings. The molecule has 0 N–H and O–H groups in total. The van der Waals surface area contributed by atoms with Crippen LogP contribution in [0.25, 0.3) is 10.1 Å². The van der Waals surface area contributed by atoms with Gasteiger partial charge in [0.15, 0.2) is 0 Å². The van der Waals surface area contributed by atoms with Crippen LogP contribution in [0.1, 0.15) is 22.9 Å². The molecule has 1 heteroatoms. The van der Waals surface area contributed by atoms with E-state index in [9.17, 15) is 0 Å². The lowest BCUT2D eigenvalue weighted by molar-refractivity contribution is 1.15. The first kappa shape index (κ1) is 8.76. The summed E-state index contributed by atoms with van der Waals surface area (Å²) < 4.78 is 1.43. The Bertz CT molecular complexity index is 438. The van der Waals surface area contributed by atoms with Crippen molar-refractivity contribution in [1.29, 1.82) is 0 Å². The van der Waals surface area contributed by atoms with Crippen LogP contribution < -0.4 is 0 Å². The highest BCUT2D eigenvalue weighted by atomic mass is 32.1. The number of hydrogen-bond acceptors (Lipinski definition) is 1. The van der Waals surface area contributed by atoms with E-state index < -0.39 is 0 Å². The molecule has 1 heterocycles. The van der Waals surface area contributed by atoms with Gasteiger partial charge >= 0.3 is 0 Å². The van der Waals surface area contributed by atoms with Gasteiger partial charge in [-0.05, 0) is 37.3 Å². The smallest absolute Gasteiger partial charge is 0.0348 e. The zero-order chi connectivity index (χ0) is 9.42. The monoisotopic (exact) mass is 190 g/mol. The molecule has 0 unspecified atom stereocenters. The van der Waals surface area contributed by atoms with E-state index in [4.69, 9.17) is 0 Å². The summed E-state index contributed by atoms with van der Waals surface area (Å²) in [4.78, 5) is 1.48. The summed E-state index contributed by atoms with van der Waals surface area (Å²) in [5, 5.41) is 1.46. The van der Waals surface area contributed by atoms with Crippen molar-refractivity contribution < 1.29 is 0 Å². The minimum absolute atomic E-state index is 1.15. The molecule has 0 nitrogen and oxygen atoms in total. The molecule has 0 aliphatic carbocycles. The zero-order valence-corrected chi connectivity index (χ0v) is 9.16. The molecule has 0 aliphatic rings. The standard InChI is InChI=1S/C12H14S/c1-4-10-9(3)13-12-6-5-8(2)7-11(10)12/h5-7H,4H2,1-3H3. The summed E-state index contributed by atoms with van der Waals surface area (Å²) in [7, 11) is 0. The molecule has 0 amide bonds. The molecule has 0 fully saturated rings. The van der Waals surface area contributed by atoms with E-state index in [2.05, 4.69) is 39.0 Å². The Hall–Kier alpha value is -0.820. The Morgan fingerprint density at radius 3 is 2.69 bits per heavy atom. The third kappa shape index (κ3) is 1.37. The number of aryl methyl sites for hydroxylation is 3. The molecule has 1 aromatic heterocycles. The summed E-state index contributed by atoms with van der Waals surface area (Å²) >= 11 is 1.91. The van der Waals surface area contributed by atoms with Gasteiger partial charge in [0.2, 0.25) is 0 Å². The average Bonchev–Trinajstić information content (AvgIpc) is 2.40. The maximum absolute atomic E-state index is 2.30. The quantitative estimate of drug-likeness (QED) is 0.635. The molecule has 1 aromatic carbocycles. The van der Waals surface area contributed by atoms with Crippen molar-refractivity contribution in [3.05, 3.63) is 34.2 Å². The van der Waals surface area contributed by atoms with Gasteiger partial charge in [0.25, 0.3) is 0 Å². The van der Waals surface area contributed by atoms with E-state index in [-0.39, 0.29) is 0 Å². The SMILES string of the molecule is CCc1c(C)sc2ccc(C)cc12. The van der Waals surface area contributed by atoms with Crippen molar-refractivity contribution in [3.8, 4) is 0 Å². The lowest BCUT2D eigenvalue weighted by Crippen LogP contribution is -1.79. The molecular formula is C12H14S. The van der Waals surface area contributed by atoms with E-state index in [0.717, 1.165) is 6.42 Å². The van der Waals surface area contributed by atoms with E-state index in [0.29, 0.717) is 0 Å².